The molecule has 0 aliphatic rings. The number of carboxylic acids is 1. The molecule has 0 amide bonds. The third-order valence-electron chi connectivity index (χ3n) is 2.53. The number of nitriles is 1. The Labute approximate surface area is 115 Å². The molecule has 1 aromatic carbocycles. The summed E-state index contributed by atoms with van der Waals surface area (Å²) < 4.78 is 0.904. The number of nitrogens with zero attached hydrogens (tertiary/aromatic N) is 1. The molecule has 0 heterocycles. The van der Waals surface area contributed by atoms with E-state index in [1.54, 1.807) is 6.07 Å². The van der Waals surface area contributed by atoms with E-state index in [2.05, 4.69) is 27.3 Å². The second-order valence-electron chi connectivity index (χ2n) is 4.13. The van der Waals surface area contributed by atoms with Crippen LogP contribution in [0.25, 0.3) is 0 Å². The molecule has 0 radical (unpaired) electrons. The molecule has 0 saturated heterocycles. The van der Waals surface area contributed by atoms with Gasteiger partial charge in [-0.15, -0.1) is 0 Å². The Bertz CT molecular complexity index is 469. The van der Waals surface area contributed by atoms with Gasteiger partial charge in [-0.05, 0) is 38.0 Å². The molecule has 4 nitrogen and oxygen atoms in total. The lowest BCUT2D eigenvalue weighted by molar-refractivity contribution is -0.137. The minimum atomic E-state index is -0.776. The van der Waals surface area contributed by atoms with Gasteiger partial charge < -0.3 is 10.4 Å². The summed E-state index contributed by atoms with van der Waals surface area (Å²) in [6.45, 7) is 1.98. The van der Waals surface area contributed by atoms with Crippen LogP contribution in [0.2, 0.25) is 0 Å². The molecule has 2 N–H and O–H groups in total. The Hall–Kier alpha value is -1.54. The first kappa shape index (κ1) is 14.5. The summed E-state index contributed by atoms with van der Waals surface area (Å²) in [6, 6.07) is 7.67. The van der Waals surface area contributed by atoms with Crippen LogP contribution >= 0.6 is 15.9 Å². The van der Waals surface area contributed by atoms with Crippen LogP contribution in [0.4, 0.5) is 5.69 Å². The number of carboxylic acid groups (broad SMARTS) is 1. The number of carbonyl (C=O) groups is 1. The third-order valence-corrected chi connectivity index (χ3v) is 3.02. The van der Waals surface area contributed by atoms with Crippen LogP contribution in [-0.2, 0) is 4.79 Å². The fourth-order valence-electron chi connectivity index (χ4n) is 1.63. The maximum absolute atomic E-state index is 10.4. The molecule has 18 heavy (non-hydrogen) atoms. The first-order valence-electron chi connectivity index (χ1n) is 5.71. The number of halogens is 1. The molecule has 5 heteroatoms. The maximum atomic E-state index is 10.4. The zero-order valence-corrected chi connectivity index (χ0v) is 11.7. The predicted molar refractivity (Wildman–Crippen MR) is 73.4 cm³/mol. The van der Waals surface area contributed by atoms with Crippen molar-refractivity contribution in [2.75, 3.05) is 5.32 Å². The van der Waals surface area contributed by atoms with Crippen LogP contribution in [0.1, 0.15) is 31.7 Å². The molecule has 0 bridgehead atoms. The van der Waals surface area contributed by atoms with Gasteiger partial charge in [0.05, 0.1) is 11.3 Å². The summed E-state index contributed by atoms with van der Waals surface area (Å²) in [5.74, 6) is -0.776. The minimum absolute atomic E-state index is 0.130. The highest BCUT2D eigenvalue weighted by Gasteiger charge is 2.07. The van der Waals surface area contributed by atoms with Crippen LogP contribution in [0, 0.1) is 11.3 Å². The summed E-state index contributed by atoms with van der Waals surface area (Å²) in [7, 11) is 0. The molecule has 1 rings (SSSR count). The second kappa shape index (κ2) is 7.02. The van der Waals surface area contributed by atoms with E-state index in [4.69, 9.17) is 10.4 Å². The highest BCUT2D eigenvalue weighted by Crippen LogP contribution is 2.22. The van der Waals surface area contributed by atoms with Gasteiger partial charge in [-0.2, -0.15) is 5.26 Å². The molecule has 1 unspecified atom stereocenters. The summed E-state index contributed by atoms with van der Waals surface area (Å²) in [4.78, 5) is 10.4. The van der Waals surface area contributed by atoms with Gasteiger partial charge in [0, 0.05) is 16.9 Å². The van der Waals surface area contributed by atoms with Gasteiger partial charge in [-0.3, -0.25) is 4.79 Å². The minimum Gasteiger partial charge on any atom is -0.481 e. The number of rotatable bonds is 6. The summed E-state index contributed by atoms with van der Waals surface area (Å²) in [5.41, 5.74) is 1.36. The number of nitrogens with one attached hydrogen (secondary N) is 1. The fraction of sp³-hybridized carbons (Fsp3) is 0.385. The number of benzene rings is 1. The summed E-state index contributed by atoms with van der Waals surface area (Å²) >= 11 is 3.36. The molecule has 0 aliphatic carbocycles. The Morgan fingerprint density at radius 3 is 2.94 bits per heavy atom. The van der Waals surface area contributed by atoms with Crippen molar-refractivity contribution in [3.05, 3.63) is 28.2 Å². The second-order valence-corrected chi connectivity index (χ2v) is 5.05. The van der Waals surface area contributed by atoms with E-state index in [1.165, 1.54) is 0 Å². The zero-order valence-electron chi connectivity index (χ0n) is 10.1. The molecular weight excluding hydrogens is 296 g/mol. The highest BCUT2D eigenvalue weighted by molar-refractivity contribution is 9.10. The van der Waals surface area contributed by atoms with Crippen molar-refractivity contribution in [3.63, 3.8) is 0 Å². The van der Waals surface area contributed by atoms with E-state index in [0.717, 1.165) is 16.6 Å². The highest BCUT2D eigenvalue weighted by atomic mass is 79.9. The van der Waals surface area contributed by atoms with E-state index < -0.39 is 5.97 Å². The number of anilines is 1. The topological polar surface area (TPSA) is 73.1 Å². The monoisotopic (exact) mass is 310 g/mol. The van der Waals surface area contributed by atoms with Crippen LogP contribution in [0.15, 0.2) is 22.7 Å². The van der Waals surface area contributed by atoms with Crippen LogP contribution < -0.4 is 5.32 Å². The smallest absolute Gasteiger partial charge is 0.303 e. The standard InChI is InChI=1S/C13H15BrN2O2/c1-9(3-2-4-13(17)18)16-12-7-11(14)6-5-10(12)8-15/h5-7,9,16H,2-4H2,1H3,(H,17,18). The quantitative estimate of drug-likeness (QED) is 0.844. The van der Waals surface area contributed by atoms with Gasteiger partial charge in [0.2, 0.25) is 0 Å². The van der Waals surface area contributed by atoms with Crippen molar-refractivity contribution in [2.45, 2.75) is 32.2 Å². The molecule has 0 fully saturated rings. The van der Waals surface area contributed by atoms with Crippen LogP contribution in [0.3, 0.4) is 0 Å². The summed E-state index contributed by atoms with van der Waals surface area (Å²) in [6.07, 6.45) is 1.55. The number of hydrogen-bond donors (Lipinski definition) is 2. The molecule has 0 aliphatic heterocycles. The molecule has 1 aromatic rings. The first-order chi connectivity index (χ1) is 8.52. The van der Waals surface area contributed by atoms with Crippen LogP contribution in [0.5, 0.6) is 0 Å². The van der Waals surface area contributed by atoms with Crippen molar-refractivity contribution < 1.29 is 9.90 Å². The molecule has 0 saturated carbocycles. The van der Waals surface area contributed by atoms with Crippen molar-refractivity contribution >= 4 is 27.6 Å². The Balaban J connectivity index is 2.58. The van der Waals surface area contributed by atoms with Crippen molar-refractivity contribution in [2.24, 2.45) is 0 Å². The van der Waals surface area contributed by atoms with E-state index in [-0.39, 0.29) is 12.5 Å². The van der Waals surface area contributed by atoms with Crippen molar-refractivity contribution in [1.82, 2.24) is 0 Å². The van der Waals surface area contributed by atoms with Gasteiger partial charge in [-0.25, -0.2) is 0 Å². The lowest BCUT2D eigenvalue weighted by Gasteiger charge is -2.16. The lowest BCUT2D eigenvalue weighted by Crippen LogP contribution is -2.16. The Morgan fingerprint density at radius 2 is 2.33 bits per heavy atom. The number of aliphatic carboxylic acids is 1. The Kier molecular flexibility index (Phi) is 5.66. The largest absolute Gasteiger partial charge is 0.481 e. The van der Waals surface area contributed by atoms with Crippen molar-refractivity contribution in [3.8, 4) is 6.07 Å². The van der Waals surface area contributed by atoms with Crippen molar-refractivity contribution in [1.29, 1.82) is 5.26 Å². The number of hydrogen-bond acceptors (Lipinski definition) is 3. The van der Waals surface area contributed by atoms with E-state index in [9.17, 15) is 4.79 Å². The summed E-state index contributed by atoms with van der Waals surface area (Å²) in [5, 5.41) is 20.8. The van der Waals surface area contributed by atoms with Gasteiger partial charge in [0.15, 0.2) is 0 Å². The van der Waals surface area contributed by atoms with E-state index in [0.29, 0.717) is 12.0 Å². The average molecular weight is 311 g/mol. The van der Waals surface area contributed by atoms with Crippen LogP contribution in [-0.4, -0.2) is 17.1 Å². The molecular formula is C13H15BrN2O2. The van der Waals surface area contributed by atoms with Gasteiger partial charge in [0.1, 0.15) is 6.07 Å². The third kappa shape index (κ3) is 4.76. The molecule has 96 valence electrons. The molecule has 0 spiro atoms. The fourth-order valence-corrected chi connectivity index (χ4v) is 1.99. The van der Waals surface area contributed by atoms with Gasteiger partial charge >= 0.3 is 5.97 Å². The zero-order chi connectivity index (χ0) is 13.5. The first-order valence-corrected chi connectivity index (χ1v) is 6.50. The predicted octanol–water partition coefficient (Wildman–Crippen LogP) is 3.38. The molecule has 1 atom stereocenters. The van der Waals surface area contributed by atoms with Gasteiger partial charge in [-0.1, -0.05) is 15.9 Å². The SMILES string of the molecule is CC(CCCC(=O)O)Nc1cc(Br)ccc1C#N. The normalized spacial score (nSPS) is 11.6. The average Bonchev–Trinajstić information content (AvgIpc) is 2.28. The lowest BCUT2D eigenvalue weighted by atomic mass is 10.1. The maximum Gasteiger partial charge on any atom is 0.303 e. The van der Waals surface area contributed by atoms with E-state index >= 15 is 0 Å². The van der Waals surface area contributed by atoms with E-state index in [1.807, 2.05) is 19.1 Å². The molecule has 0 aromatic heterocycles. The Morgan fingerprint density at radius 1 is 1.61 bits per heavy atom. The van der Waals surface area contributed by atoms with Gasteiger partial charge in [0.25, 0.3) is 0 Å².